The average molecular weight is 99.2 g/mol. The van der Waals surface area contributed by atoms with Crippen molar-refractivity contribution in [1.29, 1.82) is 0 Å². The fourth-order valence-corrected chi connectivity index (χ4v) is 0. The summed E-state index contributed by atoms with van der Waals surface area (Å²) < 4.78 is 0. The van der Waals surface area contributed by atoms with E-state index >= 15 is 0 Å². The van der Waals surface area contributed by atoms with Crippen LogP contribution in [0, 0.1) is 0 Å². The Balaban J connectivity index is 0. The molecule has 0 heterocycles. The molecule has 0 bridgehead atoms. The van der Waals surface area contributed by atoms with Crippen molar-refractivity contribution in [3.63, 3.8) is 0 Å². The van der Waals surface area contributed by atoms with Gasteiger partial charge in [0.1, 0.15) is 0 Å². The van der Waals surface area contributed by atoms with E-state index < -0.39 is 0 Å². The van der Waals surface area contributed by atoms with Crippen LogP contribution < -0.4 is 5.73 Å². The first-order valence-corrected chi connectivity index (χ1v) is 1.49. The number of hydrogen-bond donors (Lipinski definition) is 1. The van der Waals surface area contributed by atoms with Crippen LogP contribution in [0.1, 0.15) is 13.8 Å². The van der Waals surface area contributed by atoms with Gasteiger partial charge in [0.05, 0.1) is 0 Å². The van der Waals surface area contributed by atoms with Gasteiger partial charge in [0.15, 0.2) is 0 Å². The van der Waals surface area contributed by atoms with Crippen LogP contribution in [0.15, 0.2) is 0 Å². The van der Waals surface area contributed by atoms with E-state index in [0.29, 0.717) is 6.04 Å². The number of hydrogen-bond acceptors (Lipinski definition) is 1. The van der Waals surface area contributed by atoms with Gasteiger partial charge in [-0.2, -0.15) is 0 Å². The summed E-state index contributed by atoms with van der Waals surface area (Å²) in [4.78, 5) is 0. The molecule has 0 spiro atoms. The Kier molecular flexibility index (Phi) is 10.9. The third-order valence-electron chi connectivity index (χ3n) is 0. The Morgan fingerprint density at radius 1 is 1.40 bits per heavy atom. The van der Waals surface area contributed by atoms with E-state index in [0.717, 1.165) is 0 Å². The van der Waals surface area contributed by atoms with Crippen LogP contribution in [0.2, 0.25) is 0 Å². The molecular formula is C3H10KN. The summed E-state index contributed by atoms with van der Waals surface area (Å²) in [5.74, 6) is 0. The molecule has 0 aromatic carbocycles. The van der Waals surface area contributed by atoms with Crippen molar-refractivity contribution in [2.24, 2.45) is 5.73 Å². The quantitative estimate of drug-likeness (QED) is 0.415. The third-order valence-corrected chi connectivity index (χ3v) is 0. The van der Waals surface area contributed by atoms with Crippen molar-refractivity contribution in [2.45, 2.75) is 19.9 Å². The summed E-state index contributed by atoms with van der Waals surface area (Å²) in [7, 11) is 0. The van der Waals surface area contributed by atoms with Crippen LogP contribution in [-0.4, -0.2) is 57.4 Å². The van der Waals surface area contributed by atoms with Crippen molar-refractivity contribution in [2.75, 3.05) is 0 Å². The Morgan fingerprint density at radius 3 is 1.40 bits per heavy atom. The van der Waals surface area contributed by atoms with Crippen LogP contribution in [0.4, 0.5) is 0 Å². The van der Waals surface area contributed by atoms with E-state index in [4.69, 9.17) is 5.73 Å². The molecule has 0 aliphatic heterocycles. The molecule has 0 rings (SSSR count). The van der Waals surface area contributed by atoms with E-state index in [-0.39, 0.29) is 51.4 Å². The monoisotopic (exact) mass is 99.0 g/mol. The van der Waals surface area contributed by atoms with Gasteiger partial charge in [0.2, 0.25) is 0 Å². The van der Waals surface area contributed by atoms with Crippen molar-refractivity contribution < 1.29 is 0 Å². The molecule has 0 aromatic heterocycles. The van der Waals surface area contributed by atoms with Crippen LogP contribution in [0.25, 0.3) is 0 Å². The molecule has 0 fully saturated rings. The van der Waals surface area contributed by atoms with Crippen molar-refractivity contribution in [3.8, 4) is 0 Å². The van der Waals surface area contributed by atoms with E-state index in [1.54, 1.807) is 0 Å². The Morgan fingerprint density at radius 2 is 1.40 bits per heavy atom. The second kappa shape index (κ2) is 5.60. The zero-order chi connectivity index (χ0) is 3.58. The molecule has 1 nitrogen and oxygen atoms in total. The normalized spacial score (nSPS) is 7.20. The summed E-state index contributed by atoms with van der Waals surface area (Å²) in [6.07, 6.45) is 0. The van der Waals surface area contributed by atoms with Gasteiger partial charge in [0, 0.05) is 0 Å². The van der Waals surface area contributed by atoms with Crippen LogP contribution in [0.5, 0.6) is 0 Å². The van der Waals surface area contributed by atoms with Crippen LogP contribution >= 0.6 is 0 Å². The van der Waals surface area contributed by atoms with Crippen LogP contribution in [-0.2, 0) is 0 Å². The number of rotatable bonds is 0. The zero-order valence-electron chi connectivity index (χ0n) is 3.15. The summed E-state index contributed by atoms with van der Waals surface area (Å²) in [6, 6.07) is 0.333. The SMILES string of the molecule is CC(C)N.[KH]. The van der Waals surface area contributed by atoms with Gasteiger partial charge in [0.25, 0.3) is 0 Å². The van der Waals surface area contributed by atoms with Gasteiger partial charge < -0.3 is 5.73 Å². The van der Waals surface area contributed by atoms with E-state index in [9.17, 15) is 0 Å². The Hall–Kier alpha value is 1.60. The maximum atomic E-state index is 5.11. The molecule has 2 heteroatoms. The second-order valence-corrected chi connectivity index (χ2v) is 1.24. The second-order valence-electron chi connectivity index (χ2n) is 1.24. The zero-order valence-corrected chi connectivity index (χ0v) is 3.15. The molecule has 0 aromatic rings. The predicted molar refractivity (Wildman–Crippen MR) is 26.5 cm³/mol. The van der Waals surface area contributed by atoms with Crippen molar-refractivity contribution in [3.05, 3.63) is 0 Å². The summed E-state index contributed by atoms with van der Waals surface area (Å²) in [6.45, 7) is 3.89. The molecule has 2 N–H and O–H groups in total. The number of nitrogens with two attached hydrogens (primary N) is 1. The molecule has 0 radical (unpaired) electrons. The van der Waals surface area contributed by atoms with Gasteiger partial charge in [-0.25, -0.2) is 0 Å². The van der Waals surface area contributed by atoms with Crippen LogP contribution in [0.3, 0.4) is 0 Å². The summed E-state index contributed by atoms with van der Waals surface area (Å²) in [5.41, 5.74) is 5.11. The first kappa shape index (κ1) is 9.78. The molecule has 0 amide bonds. The molecule has 0 saturated carbocycles. The molecule has 0 unspecified atom stereocenters. The minimum atomic E-state index is 0. The minimum absolute atomic E-state index is 0. The third kappa shape index (κ3) is 28.4. The van der Waals surface area contributed by atoms with Crippen molar-refractivity contribution >= 4 is 51.4 Å². The van der Waals surface area contributed by atoms with E-state index in [1.165, 1.54) is 0 Å². The molecular weight excluding hydrogens is 89.1 g/mol. The Bertz CT molecular complexity index is 11.6. The van der Waals surface area contributed by atoms with E-state index in [2.05, 4.69) is 0 Å². The molecule has 28 valence electrons. The van der Waals surface area contributed by atoms with Gasteiger partial charge in [-0.3, -0.25) is 0 Å². The standard InChI is InChI=1S/C3H9N.K.H/c1-3(2)4;;/h3H,4H2,1-2H3;;. The topological polar surface area (TPSA) is 26.0 Å². The molecule has 0 atom stereocenters. The summed E-state index contributed by atoms with van der Waals surface area (Å²) >= 11 is 0. The fraction of sp³-hybridized carbons (Fsp3) is 1.00. The first-order valence-electron chi connectivity index (χ1n) is 1.49. The first-order chi connectivity index (χ1) is 1.73. The van der Waals surface area contributed by atoms with Gasteiger partial charge >= 0.3 is 51.4 Å². The average Bonchev–Trinajstić information content (AvgIpc) is 0.811. The maximum absolute atomic E-state index is 5.11. The van der Waals surface area contributed by atoms with Crippen molar-refractivity contribution in [1.82, 2.24) is 0 Å². The predicted octanol–water partition coefficient (Wildman–Crippen LogP) is -0.295. The Labute approximate surface area is 75.7 Å². The summed E-state index contributed by atoms with van der Waals surface area (Å²) in [5, 5.41) is 0. The molecule has 0 aliphatic carbocycles. The van der Waals surface area contributed by atoms with Gasteiger partial charge in [-0.05, 0) is 6.04 Å². The van der Waals surface area contributed by atoms with Gasteiger partial charge in [-0.1, -0.05) is 13.8 Å². The molecule has 0 aliphatic rings. The molecule has 0 saturated heterocycles. The molecule has 5 heavy (non-hydrogen) atoms. The fourth-order valence-electron chi connectivity index (χ4n) is 0. The van der Waals surface area contributed by atoms with Gasteiger partial charge in [-0.15, -0.1) is 0 Å². The van der Waals surface area contributed by atoms with E-state index in [1.807, 2.05) is 13.8 Å².